The molecule has 3 N–H and O–H groups in total. The molecule has 1 aliphatic rings. The van der Waals surface area contributed by atoms with Crippen LogP contribution in [0.1, 0.15) is 54.5 Å². The number of hydrogen-bond donors (Lipinski definition) is 3. The van der Waals surface area contributed by atoms with Gasteiger partial charge in [0.25, 0.3) is 0 Å². The number of carboxylic acid groups (broad SMARTS) is 2. The molecule has 244 valence electrons. The van der Waals surface area contributed by atoms with Gasteiger partial charge in [0.05, 0.1) is 5.92 Å². The first-order valence-corrected chi connectivity index (χ1v) is 16.5. The van der Waals surface area contributed by atoms with E-state index in [-0.39, 0.29) is 25.4 Å². The van der Waals surface area contributed by atoms with Gasteiger partial charge in [-0.1, -0.05) is 117 Å². The number of aryl methyl sites for hydroxylation is 3. The molecule has 0 saturated carbocycles. The Kier molecular flexibility index (Phi) is 10.8. The molecule has 1 aliphatic carbocycles. The highest BCUT2D eigenvalue weighted by Crippen LogP contribution is 2.33. The number of carbonyl (C=O) groups is 3. The van der Waals surface area contributed by atoms with E-state index in [1.807, 2.05) is 117 Å². The van der Waals surface area contributed by atoms with Gasteiger partial charge >= 0.3 is 18.0 Å². The number of carbonyl (C=O) groups excluding carboxylic acids is 1. The van der Waals surface area contributed by atoms with Gasteiger partial charge < -0.3 is 20.4 Å². The van der Waals surface area contributed by atoms with E-state index in [2.05, 4.69) is 5.32 Å². The summed E-state index contributed by atoms with van der Waals surface area (Å²) >= 11 is 0. The minimum absolute atomic E-state index is 0.0216. The molecule has 0 spiro atoms. The lowest BCUT2D eigenvalue weighted by Gasteiger charge is -2.36. The maximum atomic E-state index is 14.2. The van der Waals surface area contributed by atoms with Crippen LogP contribution in [0.5, 0.6) is 0 Å². The molecule has 4 aromatic carbocycles. The first kappa shape index (κ1) is 33.5. The van der Waals surface area contributed by atoms with Crippen LogP contribution in [0.15, 0.2) is 103 Å². The fourth-order valence-corrected chi connectivity index (χ4v) is 6.55. The molecule has 0 aromatic heterocycles. The van der Waals surface area contributed by atoms with Crippen molar-refractivity contribution >= 4 is 18.0 Å². The number of hydrogen-bond acceptors (Lipinski definition) is 3. The number of urea groups is 1. The summed E-state index contributed by atoms with van der Waals surface area (Å²) < 4.78 is 0. The number of carboxylic acids is 2. The lowest BCUT2D eigenvalue weighted by atomic mass is 9.82. The van der Waals surface area contributed by atoms with Gasteiger partial charge in [0.1, 0.15) is 0 Å². The van der Waals surface area contributed by atoms with Gasteiger partial charge in [0, 0.05) is 19.5 Å². The summed E-state index contributed by atoms with van der Waals surface area (Å²) in [4.78, 5) is 41.6. The topological polar surface area (TPSA) is 107 Å². The number of amides is 2. The minimum Gasteiger partial charge on any atom is -0.481 e. The summed E-state index contributed by atoms with van der Waals surface area (Å²) in [6.45, 7) is 4.17. The summed E-state index contributed by atoms with van der Waals surface area (Å²) in [7, 11) is 0. The summed E-state index contributed by atoms with van der Waals surface area (Å²) in [6.07, 6.45) is 3.75. The Morgan fingerprint density at radius 2 is 1.40 bits per heavy atom. The first-order chi connectivity index (χ1) is 22.6. The van der Waals surface area contributed by atoms with Gasteiger partial charge in [-0.3, -0.25) is 4.79 Å². The number of rotatable bonds is 14. The van der Waals surface area contributed by atoms with Crippen LogP contribution in [0.2, 0.25) is 0 Å². The van der Waals surface area contributed by atoms with Crippen molar-refractivity contribution in [2.45, 2.75) is 57.9 Å². The molecule has 0 aliphatic heterocycles. The molecule has 2 atom stereocenters. The summed E-state index contributed by atoms with van der Waals surface area (Å²) in [5.74, 6) is -2.93. The molecule has 0 radical (unpaired) electrons. The molecule has 0 heterocycles. The van der Waals surface area contributed by atoms with Crippen LogP contribution in [-0.4, -0.2) is 46.2 Å². The van der Waals surface area contributed by atoms with E-state index in [1.165, 1.54) is 10.5 Å². The third-order valence-corrected chi connectivity index (χ3v) is 9.09. The largest absolute Gasteiger partial charge is 0.481 e. The third kappa shape index (κ3) is 8.28. The standard InChI is InChI=1S/C40H44N2O5/c1-28(2)26-42(27-35(37(43)44)21-16-29-10-5-3-6-11-29)39(47)41-40(38(45)46,36-23-22-32-14-9-15-34(32)24-36)25-30-17-19-33(20-18-30)31-12-7-4-8-13-31/h3-8,10-13,17-20,22-24,28,35H,9,14-16,21,25-27H2,1-2H3,(H,41,47)(H,43,44)(H,45,46)/t35?,40-/m0/s1. The monoisotopic (exact) mass is 632 g/mol. The predicted octanol–water partition coefficient (Wildman–Crippen LogP) is 7.37. The van der Waals surface area contributed by atoms with Gasteiger partial charge in [0.2, 0.25) is 0 Å². The van der Waals surface area contributed by atoms with Crippen molar-refractivity contribution in [1.29, 1.82) is 0 Å². The fraction of sp³-hybridized carbons (Fsp3) is 0.325. The molecule has 0 fully saturated rings. The highest BCUT2D eigenvalue weighted by atomic mass is 16.4. The maximum absolute atomic E-state index is 14.2. The molecule has 0 bridgehead atoms. The number of aliphatic carboxylic acids is 2. The third-order valence-electron chi connectivity index (χ3n) is 9.09. The summed E-state index contributed by atoms with van der Waals surface area (Å²) in [6, 6.07) is 32.5. The molecule has 47 heavy (non-hydrogen) atoms. The molecular formula is C40H44N2O5. The molecule has 5 rings (SSSR count). The Bertz CT molecular complexity index is 1670. The van der Waals surface area contributed by atoms with Crippen LogP contribution < -0.4 is 5.32 Å². The van der Waals surface area contributed by atoms with E-state index in [0.717, 1.165) is 47.1 Å². The number of nitrogens with zero attached hydrogens (tertiary/aromatic N) is 1. The van der Waals surface area contributed by atoms with E-state index in [4.69, 9.17) is 0 Å². The summed E-state index contributed by atoms with van der Waals surface area (Å²) in [5, 5.41) is 24.1. The van der Waals surface area contributed by atoms with Crippen molar-refractivity contribution in [2.24, 2.45) is 11.8 Å². The predicted molar refractivity (Wildman–Crippen MR) is 184 cm³/mol. The molecule has 4 aromatic rings. The second-order valence-corrected chi connectivity index (χ2v) is 13.1. The quantitative estimate of drug-likeness (QED) is 0.135. The zero-order valence-corrected chi connectivity index (χ0v) is 27.2. The summed E-state index contributed by atoms with van der Waals surface area (Å²) in [5.41, 5.74) is 4.89. The minimum atomic E-state index is -1.78. The van der Waals surface area contributed by atoms with Gasteiger partial charge in [-0.25, -0.2) is 9.59 Å². The van der Waals surface area contributed by atoms with Crippen molar-refractivity contribution in [3.63, 3.8) is 0 Å². The smallest absolute Gasteiger partial charge is 0.334 e. The van der Waals surface area contributed by atoms with Gasteiger partial charge in [-0.2, -0.15) is 0 Å². The van der Waals surface area contributed by atoms with Crippen LogP contribution in [0.4, 0.5) is 4.79 Å². The number of nitrogens with one attached hydrogen (secondary N) is 1. The van der Waals surface area contributed by atoms with Crippen LogP contribution in [-0.2, 0) is 40.8 Å². The lowest BCUT2D eigenvalue weighted by Crippen LogP contribution is -2.58. The zero-order chi connectivity index (χ0) is 33.4. The van der Waals surface area contributed by atoms with E-state index in [1.54, 1.807) is 0 Å². The van der Waals surface area contributed by atoms with Crippen LogP contribution in [0.3, 0.4) is 0 Å². The van der Waals surface area contributed by atoms with Gasteiger partial charge in [-0.05, 0) is 77.0 Å². The van der Waals surface area contributed by atoms with E-state index in [0.29, 0.717) is 18.4 Å². The molecule has 0 saturated heterocycles. The first-order valence-electron chi connectivity index (χ1n) is 16.5. The normalized spacial score (nSPS) is 14.2. The van der Waals surface area contributed by atoms with Crippen molar-refractivity contribution in [3.05, 3.63) is 131 Å². The van der Waals surface area contributed by atoms with Crippen LogP contribution in [0.25, 0.3) is 11.1 Å². The zero-order valence-electron chi connectivity index (χ0n) is 27.2. The molecule has 2 amide bonds. The number of benzene rings is 4. The average molecular weight is 633 g/mol. The van der Waals surface area contributed by atoms with Crippen molar-refractivity contribution in [1.82, 2.24) is 10.2 Å². The van der Waals surface area contributed by atoms with Crippen molar-refractivity contribution in [2.75, 3.05) is 13.1 Å². The van der Waals surface area contributed by atoms with E-state index < -0.39 is 29.4 Å². The maximum Gasteiger partial charge on any atom is 0.334 e. The lowest BCUT2D eigenvalue weighted by molar-refractivity contribution is -0.145. The van der Waals surface area contributed by atoms with Crippen LogP contribution in [0, 0.1) is 11.8 Å². The Labute approximate surface area is 277 Å². The van der Waals surface area contributed by atoms with Gasteiger partial charge in [-0.15, -0.1) is 0 Å². The highest BCUT2D eigenvalue weighted by molar-refractivity contribution is 5.88. The fourth-order valence-electron chi connectivity index (χ4n) is 6.55. The molecular weight excluding hydrogens is 588 g/mol. The van der Waals surface area contributed by atoms with Crippen molar-refractivity contribution < 1.29 is 24.6 Å². The van der Waals surface area contributed by atoms with E-state index in [9.17, 15) is 24.6 Å². The Morgan fingerprint density at radius 3 is 2.04 bits per heavy atom. The second-order valence-electron chi connectivity index (χ2n) is 13.1. The Hall–Kier alpha value is -4.91. The molecule has 7 nitrogen and oxygen atoms in total. The van der Waals surface area contributed by atoms with E-state index >= 15 is 0 Å². The van der Waals surface area contributed by atoms with Crippen molar-refractivity contribution in [3.8, 4) is 11.1 Å². The Morgan fingerprint density at radius 1 is 0.766 bits per heavy atom. The SMILES string of the molecule is CC(C)CN(CC(CCc1ccccc1)C(=O)O)C(=O)N[C@](Cc1ccc(-c2ccccc2)cc1)(C(=O)O)c1ccc2c(c1)CCC2. The van der Waals surface area contributed by atoms with Crippen LogP contribution >= 0.6 is 0 Å². The second kappa shape index (κ2) is 15.1. The number of fused-ring (bicyclic) bond motifs is 1. The molecule has 7 heteroatoms. The Balaban J connectivity index is 1.46. The highest BCUT2D eigenvalue weighted by Gasteiger charge is 2.44. The van der Waals surface area contributed by atoms with Gasteiger partial charge in [0.15, 0.2) is 5.54 Å². The average Bonchev–Trinajstić information content (AvgIpc) is 3.55. The molecule has 1 unspecified atom stereocenters.